The Morgan fingerprint density at radius 2 is 1.96 bits per heavy atom. The lowest BCUT2D eigenvalue weighted by Crippen LogP contribution is -2.41. The molecule has 1 aromatic rings. The normalized spacial score (nSPS) is 20.3. The van der Waals surface area contributed by atoms with Gasteiger partial charge in [0.15, 0.2) is 11.8 Å². The van der Waals surface area contributed by atoms with Gasteiger partial charge in [0.05, 0.1) is 0 Å². The van der Waals surface area contributed by atoms with Crippen molar-refractivity contribution >= 4 is 29.9 Å². The zero-order valence-corrected chi connectivity index (χ0v) is 19.0. The Bertz CT molecular complexity index is 601. The van der Waals surface area contributed by atoms with Gasteiger partial charge in [0.25, 0.3) is 0 Å². The third kappa shape index (κ3) is 5.10. The fourth-order valence-corrected chi connectivity index (χ4v) is 4.02. The monoisotopic (exact) mass is 475 g/mol. The maximum atomic E-state index is 5.37. The van der Waals surface area contributed by atoms with Crippen LogP contribution in [0.3, 0.4) is 0 Å². The Balaban J connectivity index is 0.00000243. The smallest absolute Gasteiger partial charge is 0.232 e. The Kier molecular flexibility index (Phi) is 7.33. The van der Waals surface area contributed by atoms with Crippen LogP contribution in [-0.2, 0) is 12.0 Å². The molecule has 0 radical (unpaired) electrons. The molecule has 0 unspecified atom stereocenters. The van der Waals surface area contributed by atoms with E-state index in [1.807, 2.05) is 0 Å². The van der Waals surface area contributed by atoms with E-state index >= 15 is 0 Å². The molecule has 1 saturated heterocycles. The molecule has 3 rings (SSSR count). The molecule has 1 N–H and O–H groups in total. The quantitative estimate of drug-likeness (QED) is 0.405. The van der Waals surface area contributed by atoms with Gasteiger partial charge in [-0.15, -0.1) is 24.0 Å². The molecule has 1 spiro atoms. The lowest BCUT2D eigenvalue weighted by Gasteiger charge is -2.33. The number of aliphatic imine (C=N–C) groups is 1. The summed E-state index contributed by atoms with van der Waals surface area (Å²) < 4.78 is 5.37. The first-order valence-corrected chi connectivity index (χ1v) is 9.78. The average molecular weight is 475 g/mol. The van der Waals surface area contributed by atoms with Gasteiger partial charge in [-0.1, -0.05) is 45.2 Å². The van der Waals surface area contributed by atoms with Gasteiger partial charge in [-0.2, -0.15) is 4.98 Å². The van der Waals surface area contributed by atoms with E-state index in [4.69, 9.17) is 9.52 Å². The maximum Gasteiger partial charge on any atom is 0.232 e. The van der Waals surface area contributed by atoms with Crippen LogP contribution in [0.25, 0.3) is 0 Å². The highest BCUT2D eigenvalue weighted by atomic mass is 127. The van der Waals surface area contributed by atoms with E-state index in [9.17, 15) is 0 Å². The second-order valence-corrected chi connectivity index (χ2v) is 8.67. The topological polar surface area (TPSA) is 66.5 Å². The first-order valence-electron chi connectivity index (χ1n) is 9.78. The largest absolute Gasteiger partial charge is 0.357 e. The number of likely N-dealkylation sites (tertiary alicyclic amines) is 1. The number of halogens is 1. The van der Waals surface area contributed by atoms with Crippen molar-refractivity contribution in [2.24, 2.45) is 10.4 Å². The van der Waals surface area contributed by atoms with E-state index in [0.29, 0.717) is 23.7 Å². The van der Waals surface area contributed by atoms with Gasteiger partial charge >= 0.3 is 0 Å². The van der Waals surface area contributed by atoms with E-state index < -0.39 is 0 Å². The molecule has 6 nitrogen and oxygen atoms in total. The molecule has 0 aromatic carbocycles. The molecule has 148 valence electrons. The predicted octanol–water partition coefficient (Wildman–Crippen LogP) is 4.11. The zero-order chi connectivity index (χ0) is 17.9. The van der Waals surface area contributed by atoms with Crippen LogP contribution in [0.4, 0.5) is 0 Å². The van der Waals surface area contributed by atoms with Gasteiger partial charge in [0.2, 0.25) is 5.89 Å². The number of rotatable bonds is 3. The van der Waals surface area contributed by atoms with Crippen molar-refractivity contribution in [3.05, 3.63) is 11.7 Å². The fraction of sp³-hybridized carbons (Fsp3) is 0.842. The second kappa shape index (κ2) is 8.89. The van der Waals surface area contributed by atoms with Crippen LogP contribution in [0.15, 0.2) is 9.52 Å². The standard InChI is InChI=1S/C19H33N5O.HI/c1-5-20-17(21-13-15-22-16(25-23-15)18(2,3)4)24-12-11-19(14-24)9-7-6-8-10-19;/h5-14H2,1-4H3,(H,20,21);1H. The van der Waals surface area contributed by atoms with E-state index in [0.717, 1.165) is 25.6 Å². The van der Waals surface area contributed by atoms with Crippen molar-refractivity contribution in [2.45, 2.75) is 78.2 Å². The number of guanidine groups is 1. The molecular weight excluding hydrogens is 441 g/mol. The molecule has 1 aromatic heterocycles. The third-order valence-electron chi connectivity index (χ3n) is 5.47. The van der Waals surface area contributed by atoms with E-state index in [-0.39, 0.29) is 29.4 Å². The van der Waals surface area contributed by atoms with Gasteiger partial charge in [0.1, 0.15) is 6.54 Å². The number of hydrogen-bond acceptors (Lipinski definition) is 4. The molecule has 0 atom stereocenters. The highest BCUT2D eigenvalue weighted by molar-refractivity contribution is 14.0. The molecule has 2 aliphatic rings. The molecule has 1 aliphatic carbocycles. The Hall–Kier alpha value is -0.860. The number of nitrogens with zero attached hydrogens (tertiary/aromatic N) is 4. The summed E-state index contributed by atoms with van der Waals surface area (Å²) in [7, 11) is 0. The van der Waals surface area contributed by atoms with Gasteiger partial charge < -0.3 is 14.7 Å². The summed E-state index contributed by atoms with van der Waals surface area (Å²) in [4.78, 5) is 11.7. The van der Waals surface area contributed by atoms with Gasteiger partial charge in [0, 0.05) is 25.0 Å². The van der Waals surface area contributed by atoms with Crippen molar-refractivity contribution in [3.63, 3.8) is 0 Å². The van der Waals surface area contributed by atoms with E-state index in [2.05, 4.69) is 48.1 Å². The van der Waals surface area contributed by atoms with Crippen molar-refractivity contribution in [3.8, 4) is 0 Å². The lowest BCUT2D eigenvalue weighted by atomic mass is 9.73. The molecule has 26 heavy (non-hydrogen) atoms. The van der Waals surface area contributed by atoms with E-state index in [1.54, 1.807) is 0 Å². The third-order valence-corrected chi connectivity index (χ3v) is 5.47. The van der Waals surface area contributed by atoms with Crippen LogP contribution in [0.5, 0.6) is 0 Å². The number of nitrogens with one attached hydrogen (secondary N) is 1. The van der Waals surface area contributed by atoms with Crippen molar-refractivity contribution < 1.29 is 4.52 Å². The van der Waals surface area contributed by atoms with Crippen LogP contribution >= 0.6 is 24.0 Å². The molecule has 2 heterocycles. The van der Waals surface area contributed by atoms with Crippen LogP contribution in [0, 0.1) is 5.41 Å². The molecule has 2 fully saturated rings. The minimum atomic E-state index is -0.123. The number of aromatic nitrogens is 2. The zero-order valence-electron chi connectivity index (χ0n) is 16.7. The summed E-state index contributed by atoms with van der Waals surface area (Å²) in [5.41, 5.74) is 0.405. The molecule has 0 amide bonds. The van der Waals surface area contributed by atoms with Crippen LogP contribution < -0.4 is 5.32 Å². The summed E-state index contributed by atoms with van der Waals surface area (Å²) >= 11 is 0. The van der Waals surface area contributed by atoms with Crippen molar-refractivity contribution in [1.82, 2.24) is 20.4 Å². The van der Waals surface area contributed by atoms with Crippen LogP contribution in [0.1, 0.15) is 77.9 Å². The molecule has 1 saturated carbocycles. The predicted molar refractivity (Wildman–Crippen MR) is 115 cm³/mol. The maximum absolute atomic E-state index is 5.37. The molecule has 0 bridgehead atoms. The molecule has 7 heteroatoms. The molecular formula is C19H34IN5O. The minimum Gasteiger partial charge on any atom is -0.357 e. The van der Waals surface area contributed by atoms with Gasteiger partial charge in [-0.25, -0.2) is 4.99 Å². The SMILES string of the molecule is CCNC(=NCc1noc(C(C)(C)C)n1)N1CCC2(CCCCC2)C1.I. The first kappa shape index (κ1) is 21.4. The fourth-order valence-electron chi connectivity index (χ4n) is 4.02. The summed E-state index contributed by atoms with van der Waals surface area (Å²) in [5.74, 6) is 2.32. The Morgan fingerprint density at radius 1 is 1.23 bits per heavy atom. The summed E-state index contributed by atoms with van der Waals surface area (Å²) in [6, 6.07) is 0. The van der Waals surface area contributed by atoms with Crippen molar-refractivity contribution in [1.29, 1.82) is 0 Å². The Labute approximate surface area is 174 Å². The van der Waals surface area contributed by atoms with E-state index in [1.165, 1.54) is 38.5 Å². The first-order chi connectivity index (χ1) is 11.9. The van der Waals surface area contributed by atoms with Gasteiger partial charge in [-0.05, 0) is 31.6 Å². The summed E-state index contributed by atoms with van der Waals surface area (Å²) in [6.45, 7) is 11.9. The van der Waals surface area contributed by atoms with Crippen LogP contribution in [-0.4, -0.2) is 40.6 Å². The highest BCUT2D eigenvalue weighted by Crippen LogP contribution is 2.43. The van der Waals surface area contributed by atoms with Crippen molar-refractivity contribution in [2.75, 3.05) is 19.6 Å². The second-order valence-electron chi connectivity index (χ2n) is 8.67. The average Bonchev–Trinajstić information content (AvgIpc) is 3.20. The summed E-state index contributed by atoms with van der Waals surface area (Å²) in [5, 5.41) is 7.53. The van der Waals surface area contributed by atoms with Gasteiger partial charge in [-0.3, -0.25) is 0 Å². The number of hydrogen-bond donors (Lipinski definition) is 1. The van der Waals surface area contributed by atoms with Crippen LogP contribution in [0.2, 0.25) is 0 Å². The Morgan fingerprint density at radius 3 is 2.58 bits per heavy atom. The molecule has 1 aliphatic heterocycles. The summed E-state index contributed by atoms with van der Waals surface area (Å²) in [6.07, 6.45) is 8.24. The lowest BCUT2D eigenvalue weighted by molar-refractivity contribution is 0.203. The minimum absolute atomic E-state index is 0. The highest BCUT2D eigenvalue weighted by Gasteiger charge is 2.39.